The minimum atomic E-state index is -0.435. The van der Waals surface area contributed by atoms with Gasteiger partial charge in [0.05, 0.1) is 4.88 Å². The normalized spacial score (nSPS) is 17.0. The van der Waals surface area contributed by atoms with Crippen molar-refractivity contribution in [1.82, 2.24) is 9.80 Å². The Morgan fingerprint density at radius 2 is 1.70 bits per heavy atom. The first-order valence-corrected chi connectivity index (χ1v) is 8.46. The first-order chi connectivity index (χ1) is 11.2. The van der Waals surface area contributed by atoms with E-state index in [1.807, 2.05) is 52.7 Å². The third kappa shape index (κ3) is 3.43. The molecule has 0 spiro atoms. The number of nitrogens with zero attached hydrogens (tertiary/aromatic N) is 2. The van der Waals surface area contributed by atoms with E-state index in [4.69, 9.17) is 5.73 Å². The van der Waals surface area contributed by atoms with Gasteiger partial charge in [0.15, 0.2) is 0 Å². The smallest absolute Gasteiger partial charge is 0.264 e. The van der Waals surface area contributed by atoms with E-state index in [2.05, 4.69) is 4.90 Å². The van der Waals surface area contributed by atoms with Gasteiger partial charge in [-0.2, -0.15) is 0 Å². The quantitative estimate of drug-likeness (QED) is 0.929. The second-order valence-corrected chi connectivity index (χ2v) is 6.47. The number of hydrogen-bond donors (Lipinski definition) is 1. The maximum Gasteiger partial charge on any atom is 0.264 e. The SMILES string of the molecule is NC(=O)C(c1ccccc1)N1CCN(C(=O)c2cccs2)CC1. The minimum absolute atomic E-state index is 0.0648. The second-order valence-electron chi connectivity index (χ2n) is 5.52. The lowest BCUT2D eigenvalue weighted by atomic mass is 10.0. The molecule has 5 nitrogen and oxygen atoms in total. The lowest BCUT2D eigenvalue weighted by Crippen LogP contribution is -2.51. The van der Waals surface area contributed by atoms with Crippen LogP contribution in [0.15, 0.2) is 47.8 Å². The van der Waals surface area contributed by atoms with Gasteiger partial charge >= 0.3 is 0 Å². The predicted octanol–water partition coefficient (Wildman–Crippen LogP) is 1.73. The summed E-state index contributed by atoms with van der Waals surface area (Å²) in [6, 6.07) is 12.8. The summed E-state index contributed by atoms with van der Waals surface area (Å²) >= 11 is 1.45. The summed E-state index contributed by atoms with van der Waals surface area (Å²) in [6.45, 7) is 2.49. The molecule has 6 heteroatoms. The average molecular weight is 329 g/mol. The highest BCUT2D eigenvalue weighted by Crippen LogP contribution is 2.23. The third-order valence-corrected chi connectivity index (χ3v) is 4.94. The molecule has 1 unspecified atom stereocenters. The summed E-state index contributed by atoms with van der Waals surface area (Å²) in [5.41, 5.74) is 6.51. The molecule has 120 valence electrons. The number of carbonyl (C=O) groups excluding carboxylic acids is 2. The molecule has 1 atom stereocenters. The first-order valence-electron chi connectivity index (χ1n) is 7.58. The molecule has 3 rings (SSSR count). The zero-order valence-corrected chi connectivity index (χ0v) is 13.5. The Morgan fingerprint density at radius 1 is 1.00 bits per heavy atom. The van der Waals surface area contributed by atoms with Crippen LogP contribution in [0.1, 0.15) is 21.3 Å². The van der Waals surface area contributed by atoms with Crippen molar-refractivity contribution in [1.29, 1.82) is 0 Å². The fraction of sp³-hybridized carbons (Fsp3) is 0.294. The Kier molecular flexibility index (Phi) is 4.73. The van der Waals surface area contributed by atoms with Crippen LogP contribution in [0, 0.1) is 0 Å². The summed E-state index contributed by atoms with van der Waals surface area (Å²) in [4.78, 5) is 28.9. The third-order valence-electron chi connectivity index (χ3n) is 4.08. The van der Waals surface area contributed by atoms with E-state index in [1.54, 1.807) is 0 Å². The summed E-state index contributed by atoms with van der Waals surface area (Å²) in [5.74, 6) is -0.288. The number of benzene rings is 1. The highest BCUT2D eigenvalue weighted by Gasteiger charge is 2.30. The molecule has 0 saturated carbocycles. The molecule has 1 saturated heterocycles. The van der Waals surface area contributed by atoms with Crippen LogP contribution in [0.5, 0.6) is 0 Å². The average Bonchev–Trinajstić information content (AvgIpc) is 3.10. The fourth-order valence-electron chi connectivity index (χ4n) is 2.93. The summed E-state index contributed by atoms with van der Waals surface area (Å²) in [7, 11) is 0. The van der Waals surface area contributed by atoms with Crippen LogP contribution in [-0.4, -0.2) is 47.8 Å². The molecule has 0 aliphatic carbocycles. The lowest BCUT2D eigenvalue weighted by Gasteiger charge is -2.38. The predicted molar refractivity (Wildman–Crippen MR) is 90.2 cm³/mol. The van der Waals surface area contributed by atoms with Crippen LogP contribution >= 0.6 is 11.3 Å². The standard InChI is InChI=1S/C17H19N3O2S/c18-16(21)15(13-5-2-1-3-6-13)19-8-10-20(11-9-19)17(22)14-7-4-12-23-14/h1-7,12,15H,8-11H2,(H2,18,21). The number of primary amides is 1. The van der Waals surface area contributed by atoms with E-state index >= 15 is 0 Å². The van der Waals surface area contributed by atoms with Crippen molar-refractivity contribution >= 4 is 23.2 Å². The first kappa shape index (κ1) is 15.7. The van der Waals surface area contributed by atoms with E-state index in [0.717, 1.165) is 10.4 Å². The van der Waals surface area contributed by atoms with E-state index in [0.29, 0.717) is 26.2 Å². The Bertz CT molecular complexity index is 664. The lowest BCUT2D eigenvalue weighted by molar-refractivity contribution is -0.124. The van der Waals surface area contributed by atoms with Crippen molar-refractivity contribution in [2.75, 3.05) is 26.2 Å². The molecule has 1 aromatic heterocycles. The molecular formula is C17H19N3O2S. The van der Waals surface area contributed by atoms with Gasteiger partial charge in [0.25, 0.3) is 5.91 Å². The zero-order valence-electron chi connectivity index (χ0n) is 12.7. The largest absolute Gasteiger partial charge is 0.368 e. The number of hydrogen-bond acceptors (Lipinski definition) is 4. The molecule has 2 heterocycles. The van der Waals surface area contributed by atoms with Crippen molar-refractivity contribution in [3.05, 3.63) is 58.3 Å². The van der Waals surface area contributed by atoms with Gasteiger partial charge in [0.2, 0.25) is 5.91 Å². The Balaban J connectivity index is 1.67. The van der Waals surface area contributed by atoms with Gasteiger partial charge in [0.1, 0.15) is 6.04 Å². The molecule has 1 aliphatic rings. The molecule has 2 amide bonds. The molecule has 23 heavy (non-hydrogen) atoms. The molecule has 2 aromatic rings. The van der Waals surface area contributed by atoms with Gasteiger partial charge in [-0.1, -0.05) is 36.4 Å². The van der Waals surface area contributed by atoms with Gasteiger partial charge in [-0.15, -0.1) is 11.3 Å². The van der Waals surface area contributed by atoms with Crippen LogP contribution < -0.4 is 5.73 Å². The maximum atomic E-state index is 12.4. The van der Waals surface area contributed by atoms with Crippen molar-refractivity contribution < 1.29 is 9.59 Å². The van der Waals surface area contributed by atoms with Crippen LogP contribution in [0.3, 0.4) is 0 Å². The zero-order chi connectivity index (χ0) is 16.2. The van der Waals surface area contributed by atoms with Crippen molar-refractivity contribution in [2.45, 2.75) is 6.04 Å². The molecule has 0 bridgehead atoms. The van der Waals surface area contributed by atoms with Crippen molar-refractivity contribution in [3.63, 3.8) is 0 Å². The topological polar surface area (TPSA) is 66.6 Å². The number of nitrogens with two attached hydrogens (primary N) is 1. The fourth-order valence-corrected chi connectivity index (χ4v) is 3.62. The number of rotatable bonds is 4. The number of carbonyl (C=O) groups is 2. The highest BCUT2D eigenvalue weighted by molar-refractivity contribution is 7.12. The van der Waals surface area contributed by atoms with Gasteiger partial charge in [-0.3, -0.25) is 14.5 Å². The summed E-state index contributed by atoms with van der Waals surface area (Å²) < 4.78 is 0. The van der Waals surface area contributed by atoms with E-state index < -0.39 is 6.04 Å². The van der Waals surface area contributed by atoms with Crippen LogP contribution in [0.2, 0.25) is 0 Å². The van der Waals surface area contributed by atoms with Crippen molar-refractivity contribution in [2.24, 2.45) is 5.73 Å². The van der Waals surface area contributed by atoms with Crippen LogP contribution in [-0.2, 0) is 4.79 Å². The van der Waals surface area contributed by atoms with Crippen LogP contribution in [0.4, 0.5) is 0 Å². The second kappa shape index (κ2) is 6.93. The Morgan fingerprint density at radius 3 is 2.26 bits per heavy atom. The molecule has 1 fully saturated rings. The Labute approximate surface area is 139 Å². The summed E-state index contributed by atoms with van der Waals surface area (Å²) in [6.07, 6.45) is 0. The number of piperazine rings is 1. The molecule has 1 aromatic carbocycles. The summed E-state index contributed by atoms with van der Waals surface area (Å²) in [5, 5.41) is 1.90. The van der Waals surface area contributed by atoms with Gasteiger partial charge in [0, 0.05) is 26.2 Å². The van der Waals surface area contributed by atoms with Crippen LogP contribution in [0.25, 0.3) is 0 Å². The highest BCUT2D eigenvalue weighted by atomic mass is 32.1. The Hall–Kier alpha value is -2.18. The number of amides is 2. The minimum Gasteiger partial charge on any atom is -0.368 e. The van der Waals surface area contributed by atoms with E-state index in [-0.39, 0.29) is 11.8 Å². The van der Waals surface area contributed by atoms with Gasteiger partial charge in [-0.05, 0) is 17.0 Å². The van der Waals surface area contributed by atoms with Gasteiger partial charge < -0.3 is 10.6 Å². The van der Waals surface area contributed by atoms with E-state index in [9.17, 15) is 9.59 Å². The maximum absolute atomic E-state index is 12.4. The van der Waals surface area contributed by atoms with Crippen molar-refractivity contribution in [3.8, 4) is 0 Å². The molecule has 2 N–H and O–H groups in total. The monoisotopic (exact) mass is 329 g/mol. The molecular weight excluding hydrogens is 310 g/mol. The number of thiophene rings is 1. The molecule has 1 aliphatic heterocycles. The molecule has 0 radical (unpaired) electrons. The van der Waals surface area contributed by atoms with E-state index in [1.165, 1.54) is 11.3 Å². The van der Waals surface area contributed by atoms with Gasteiger partial charge in [-0.25, -0.2) is 0 Å².